The summed E-state index contributed by atoms with van der Waals surface area (Å²) in [6.45, 7) is 1.08. The van der Waals surface area contributed by atoms with Crippen LogP contribution >= 0.6 is 11.3 Å². The van der Waals surface area contributed by atoms with Crippen molar-refractivity contribution in [3.05, 3.63) is 57.2 Å². The van der Waals surface area contributed by atoms with Crippen LogP contribution in [0.2, 0.25) is 0 Å². The molecular formula is C19H24N3O3S+. The number of aryl methyl sites for hydroxylation is 1. The minimum Gasteiger partial charge on any atom is -0.408 e. The van der Waals surface area contributed by atoms with Crippen LogP contribution in [0.4, 0.5) is 0 Å². The third kappa shape index (κ3) is 4.23. The fourth-order valence-electron chi connectivity index (χ4n) is 3.01. The average Bonchev–Trinajstić information content (AvgIpc) is 3.23. The first-order chi connectivity index (χ1) is 12.6. The highest BCUT2D eigenvalue weighted by Crippen LogP contribution is 2.16. The van der Waals surface area contributed by atoms with Gasteiger partial charge in [-0.25, -0.2) is 4.79 Å². The van der Waals surface area contributed by atoms with Gasteiger partial charge in [0.2, 0.25) is 5.91 Å². The number of benzene rings is 1. The second-order valence-corrected chi connectivity index (χ2v) is 7.52. The number of carbonyl (C=O) groups is 1. The van der Waals surface area contributed by atoms with Crippen molar-refractivity contribution in [3.8, 4) is 0 Å². The summed E-state index contributed by atoms with van der Waals surface area (Å²) in [4.78, 5) is 26.7. The van der Waals surface area contributed by atoms with Crippen molar-refractivity contribution in [3.63, 3.8) is 0 Å². The lowest BCUT2D eigenvalue weighted by Crippen LogP contribution is -3.06. The average molecular weight is 374 g/mol. The summed E-state index contributed by atoms with van der Waals surface area (Å²) in [7, 11) is 4.18. The van der Waals surface area contributed by atoms with Gasteiger partial charge in [0.05, 0.1) is 31.0 Å². The predicted molar refractivity (Wildman–Crippen MR) is 103 cm³/mol. The van der Waals surface area contributed by atoms with E-state index in [1.807, 2.05) is 24.3 Å². The smallest absolute Gasteiger partial charge is 0.408 e. The maximum atomic E-state index is 12.2. The molecular weight excluding hydrogens is 350 g/mol. The van der Waals surface area contributed by atoms with Crippen molar-refractivity contribution in [1.29, 1.82) is 0 Å². The number of nitrogens with one attached hydrogen (secondary N) is 2. The largest absolute Gasteiger partial charge is 0.419 e. The molecule has 138 valence electrons. The molecule has 2 N–H and O–H groups in total. The van der Waals surface area contributed by atoms with E-state index in [-0.39, 0.29) is 17.7 Å². The van der Waals surface area contributed by atoms with E-state index < -0.39 is 0 Å². The van der Waals surface area contributed by atoms with Gasteiger partial charge in [0, 0.05) is 13.0 Å². The highest BCUT2D eigenvalue weighted by atomic mass is 32.1. The number of carbonyl (C=O) groups excluding carboxylic acids is 1. The van der Waals surface area contributed by atoms with Crippen LogP contribution in [0.1, 0.15) is 23.8 Å². The van der Waals surface area contributed by atoms with E-state index in [9.17, 15) is 9.59 Å². The summed E-state index contributed by atoms with van der Waals surface area (Å²) >= 11 is 1.71. The Morgan fingerprint density at radius 1 is 1.27 bits per heavy atom. The standard InChI is InChI=1S/C19H23N3O3S/c1-21(2)15(17-9-6-12-26-17)13-20-18(23)10-5-11-22-14-7-3-4-8-16(14)25-19(22)24/h3-4,6-9,12,15H,5,10-11,13H2,1-2H3,(H,20,23)/p+1/t15-/m0/s1. The molecule has 7 heteroatoms. The zero-order valence-corrected chi connectivity index (χ0v) is 15.8. The lowest BCUT2D eigenvalue weighted by atomic mass is 10.2. The summed E-state index contributed by atoms with van der Waals surface area (Å²) in [5.74, 6) is -0.366. The van der Waals surface area contributed by atoms with Gasteiger partial charge in [0.15, 0.2) is 5.58 Å². The minimum absolute atomic E-state index is 0.00801. The number of thiophene rings is 1. The van der Waals surface area contributed by atoms with Crippen molar-refractivity contribution < 1.29 is 14.1 Å². The molecule has 0 radical (unpaired) electrons. The van der Waals surface area contributed by atoms with Crippen LogP contribution in [-0.2, 0) is 11.3 Å². The summed E-state index contributed by atoms with van der Waals surface area (Å²) in [6.07, 6.45) is 0.972. The van der Waals surface area contributed by atoms with Crippen LogP contribution in [-0.4, -0.2) is 31.1 Å². The van der Waals surface area contributed by atoms with Gasteiger partial charge in [0.1, 0.15) is 6.04 Å². The number of fused-ring (bicyclic) bond motifs is 1. The number of oxazole rings is 1. The van der Waals surface area contributed by atoms with Crippen molar-refractivity contribution in [2.75, 3.05) is 20.6 Å². The summed E-state index contributed by atoms with van der Waals surface area (Å²) < 4.78 is 6.79. The van der Waals surface area contributed by atoms with Crippen LogP contribution in [0, 0.1) is 0 Å². The molecule has 2 aromatic heterocycles. The number of aromatic nitrogens is 1. The fourth-order valence-corrected chi connectivity index (χ4v) is 3.96. The SMILES string of the molecule is C[NH+](C)[C@@H](CNC(=O)CCCn1c(=O)oc2ccccc21)c1cccs1. The molecule has 26 heavy (non-hydrogen) atoms. The Bertz CT molecular complexity index is 912. The van der Waals surface area contributed by atoms with E-state index in [0.717, 1.165) is 5.52 Å². The molecule has 1 atom stereocenters. The molecule has 2 heterocycles. The molecule has 1 amide bonds. The van der Waals surface area contributed by atoms with Gasteiger partial charge in [-0.1, -0.05) is 18.2 Å². The summed E-state index contributed by atoms with van der Waals surface area (Å²) in [5.41, 5.74) is 1.35. The third-order valence-electron chi connectivity index (χ3n) is 4.45. The Kier molecular flexibility index (Phi) is 5.90. The Morgan fingerprint density at radius 2 is 2.08 bits per heavy atom. The quantitative estimate of drug-likeness (QED) is 0.627. The molecule has 0 saturated carbocycles. The first kappa shape index (κ1) is 18.4. The van der Waals surface area contributed by atoms with Gasteiger partial charge in [-0.15, -0.1) is 11.3 Å². The molecule has 3 aromatic rings. The molecule has 0 spiro atoms. The van der Waals surface area contributed by atoms with Crippen LogP contribution < -0.4 is 16.0 Å². The van der Waals surface area contributed by atoms with E-state index >= 15 is 0 Å². The first-order valence-electron chi connectivity index (χ1n) is 8.75. The lowest BCUT2D eigenvalue weighted by molar-refractivity contribution is -0.890. The van der Waals surface area contributed by atoms with Crippen molar-refractivity contribution >= 4 is 28.3 Å². The van der Waals surface area contributed by atoms with Gasteiger partial charge >= 0.3 is 5.76 Å². The van der Waals surface area contributed by atoms with E-state index in [1.165, 1.54) is 9.78 Å². The molecule has 1 aromatic carbocycles. The third-order valence-corrected chi connectivity index (χ3v) is 5.43. The second kappa shape index (κ2) is 8.33. The van der Waals surface area contributed by atoms with Crippen molar-refractivity contribution in [2.45, 2.75) is 25.4 Å². The van der Waals surface area contributed by atoms with E-state index in [0.29, 0.717) is 31.5 Å². The molecule has 0 aliphatic carbocycles. The maximum absolute atomic E-state index is 12.2. The Labute approximate surface area is 156 Å². The molecule has 0 aliphatic heterocycles. The maximum Gasteiger partial charge on any atom is 0.419 e. The summed E-state index contributed by atoms with van der Waals surface area (Å²) in [5, 5.41) is 5.08. The number of nitrogens with zero attached hydrogens (tertiary/aromatic N) is 1. The highest BCUT2D eigenvalue weighted by Gasteiger charge is 2.19. The topological polar surface area (TPSA) is 68.7 Å². The highest BCUT2D eigenvalue weighted by molar-refractivity contribution is 7.10. The molecule has 0 aliphatic rings. The van der Waals surface area contributed by atoms with Crippen molar-refractivity contribution in [2.24, 2.45) is 0 Å². The Morgan fingerprint density at radius 3 is 2.81 bits per heavy atom. The van der Waals surface area contributed by atoms with Crippen molar-refractivity contribution in [1.82, 2.24) is 9.88 Å². The van der Waals surface area contributed by atoms with E-state index in [1.54, 1.807) is 22.0 Å². The lowest BCUT2D eigenvalue weighted by Gasteiger charge is -2.20. The number of likely N-dealkylation sites (N-methyl/N-ethyl adjacent to an activating group) is 1. The second-order valence-electron chi connectivity index (χ2n) is 6.54. The number of quaternary nitrogens is 1. The fraction of sp³-hybridized carbons (Fsp3) is 0.368. The molecule has 0 fully saturated rings. The monoisotopic (exact) mass is 374 g/mol. The Balaban J connectivity index is 1.51. The summed E-state index contributed by atoms with van der Waals surface area (Å²) in [6, 6.07) is 11.7. The normalized spacial score (nSPS) is 12.6. The van der Waals surface area contributed by atoms with Crippen LogP contribution in [0.25, 0.3) is 11.1 Å². The minimum atomic E-state index is -0.374. The number of para-hydroxylation sites is 2. The van der Waals surface area contributed by atoms with Gasteiger partial charge in [-0.2, -0.15) is 0 Å². The molecule has 0 bridgehead atoms. The van der Waals surface area contributed by atoms with Gasteiger partial charge in [-0.05, 0) is 30.0 Å². The van der Waals surface area contributed by atoms with Gasteiger partial charge < -0.3 is 14.6 Å². The first-order valence-corrected chi connectivity index (χ1v) is 9.62. The Hall–Kier alpha value is -2.38. The van der Waals surface area contributed by atoms with Crippen LogP contribution in [0.5, 0.6) is 0 Å². The number of rotatable bonds is 8. The number of hydrogen-bond acceptors (Lipinski definition) is 4. The number of hydrogen-bond donors (Lipinski definition) is 2. The van der Waals surface area contributed by atoms with E-state index in [2.05, 4.69) is 30.9 Å². The van der Waals surface area contributed by atoms with Crippen LogP contribution in [0.15, 0.2) is 51.0 Å². The molecule has 0 saturated heterocycles. The molecule has 0 unspecified atom stereocenters. The number of amides is 1. The van der Waals surface area contributed by atoms with Crippen LogP contribution in [0.3, 0.4) is 0 Å². The van der Waals surface area contributed by atoms with Gasteiger partial charge in [-0.3, -0.25) is 9.36 Å². The molecule has 6 nitrogen and oxygen atoms in total. The zero-order valence-electron chi connectivity index (χ0n) is 15.0. The zero-order chi connectivity index (χ0) is 18.5. The van der Waals surface area contributed by atoms with E-state index in [4.69, 9.17) is 4.42 Å². The molecule has 3 rings (SSSR count). The van der Waals surface area contributed by atoms with Gasteiger partial charge in [0.25, 0.3) is 0 Å². The predicted octanol–water partition coefficient (Wildman–Crippen LogP) is 1.44.